The fourth-order valence-electron chi connectivity index (χ4n) is 2.64. The Labute approximate surface area is 98.6 Å². The maximum absolute atomic E-state index is 12.0. The van der Waals surface area contributed by atoms with Crippen molar-refractivity contribution in [2.45, 2.75) is 64.0 Å². The molecule has 0 bridgehead atoms. The normalized spacial score (nSPS) is 25.4. The third kappa shape index (κ3) is 3.21. The first-order valence-corrected chi connectivity index (χ1v) is 6.84. The predicted octanol–water partition coefficient (Wildman–Crippen LogP) is 1.92. The van der Waals surface area contributed by atoms with E-state index in [-0.39, 0.29) is 0 Å². The minimum absolute atomic E-state index is 0.373. The number of carbonyl (C=O) groups is 1. The molecule has 1 amide bonds. The van der Waals surface area contributed by atoms with Gasteiger partial charge in [0.05, 0.1) is 0 Å². The van der Waals surface area contributed by atoms with E-state index in [2.05, 4.69) is 17.1 Å². The van der Waals surface area contributed by atoms with Crippen molar-refractivity contribution in [1.82, 2.24) is 10.2 Å². The number of nitrogens with zero attached hydrogens (tertiary/aromatic N) is 1. The topological polar surface area (TPSA) is 32.3 Å². The third-order valence-electron chi connectivity index (χ3n) is 3.77. The standard InChI is InChI=1S/C13H24N2O/c1-2-15(12-7-8-12)13(16)9-6-11-5-3-4-10-14-11/h11-12,14H,2-10H2,1H3. The lowest BCUT2D eigenvalue weighted by Crippen LogP contribution is -2.37. The predicted molar refractivity (Wildman–Crippen MR) is 65.3 cm³/mol. The fraction of sp³-hybridized carbons (Fsp3) is 0.923. The average molecular weight is 224 g/mol. The summed E-state index contributed by atoms with van der Waals surface area (Å²) in [4.78, 5) is 14.1. The van der Waals surface area contributed by atoms with Gasteiger partial charge in [-0.05, 0) is 45.6 Å². The number of hydrogen-bond acceptors (Lipinski definition) is 2. The van der Waals surface area contributed by atoms with Crippen molar-refractivity contribution in [3.8, 4) is 0 Å². The quantitative estimate of drug-likeness (QED) is 0.774. The Hall–Kier alpha value is -0.570. The molecule has 1 N–H and O–H groups in total. The molecule has 1 atom stereocenters. The minimum Gasteiger partial charge on any atom is -0.340 e. The smallest absolute Gasteiger partial charge is 0.222 e. The highest BCUT2D eigenvalue weighted by atomic mass is 16.2. The van der Waals surface area contributed by atoms with Gasteiger partial charge < -0.3 is 10.2 Å². The molecular weight excluding hydrogens is 200 g/mol. The van der Waals surface area contributed by atoms with E-state index in [1.807, 2.05) is 0 Å². The Morgan fingerprint density at radius 1 is 1.31 bits per heavy atom. The van der Waals surface area contributed by atoms with Gasteiger partial charge in [0, 0.05) is 25.0 Å². The number of piperidine rings is 1. The van der Waals surface area contributed by atoms with E-state index in [1.165, 1.54) is 32.1 Å². The number of amides is 1. The molecule has 0 aromatic heterocycles. The Balaban J connectivity index is 1.69. The fourth-order valence-corrected chi connectivity index (χ4v) is 2.64. The van der Waals surface area contributed by atoms with Crippen LogP contribution in [0.25, 0.3) is 0 Å². The molecule has 0 aromatic rings. The molecule has 1 aliphatic carbocycles. The molecule has 1 aliphatic heterocycles. The monoisotopic (exact) mass is 224 g/mol. The molecule has 3 heteroatoms. The Morgan fingerprint density at radius 2 is 2.12 bits per heavy atom. The zero-order valence-corrected chi connectivity index (χ0v) is 10.4. The zero-order chi connectivity index (χ0) is 11.4. The van der Waals surface area contributed by atoms with Crippen LogP contribution in [0.1, 0.15) is 51.9 Å². The van der Waals surface area contributed by atoms with E-state index in [1.54, 1.807) is 0 Å². The van der Waals surface area contributed by atoms with Gasteiger partial charge in [-0.15, -0.1) is 0 Å². The van der Waals surface area contributed by atoms with Gasteiger partial charge in [0.2, 0.25) is 5.91 Å². The van der Waals surface area contributed by atoms with E-state index in [0.29, 0.717) is 18.0 Å². The van der Waals surface area contributed by atoms with Crippen molar-refractivity contribution < 1.29 is 4.79 Å². The molecule has 3 nitrogen and oxygen atoms in total. The maximum Gasteiger partial charge on any atom is 0.222 e. The summed E-state index contributed by atoms with van der Waals surface area (Å²) in [5.41, 5.74) is 0. The number of hydrogen-bond donors (Lipinski definition) is 1. The summed E-state index contributed by atoms with van der Waals surface area (Å²) in [6.45, 7) is 4.12. The van der Waals surface area contributed by atoms with Gasteiger partial charge in [0.15, 0.2) is 0 Å². The number of rotatable bonds is 5. The van der Waals surface area contributed by atoms with Crippen molar-refractivity contribution in [2.75, 3.05) is 13.1 Å². The zero-order valence-electron chi connectivity index (χ0n) is 10.4. The van der Waals surface area contributed by atoms with Crippen LogP contribution >= 0.6 is 0 Å². The molecule has 1 saturated heterocycles. The molecule has 1 heterocycles. The maximum atomic E-state index is 12.0. The van der Waals surface area contributed by atoms with Crippen molar-refractivity contribution >= 4 is 5.91 Å². The van der Waals surface area contributed by atoms with E-state index in [0.717, 1.165) is 25.9 Å². The summed E-state index contributed by atoms with van der Waals surface area (Å²) in [5.74, 6) is 0.373. The van der Waals surface area contributed by atoms with Gasteiger partial charge in [0.25, 0.3) is 0 Å². The van der Waals surface area contributed by atoms with Gasteiger partial charge >= 0.3 is 0 Å². The van der Waals surface area contributed by atoms with Crippen LogP contribution in [0, 0.1) is 0 Å². The second-order valence-electron chi connectivity index (χ2n) is 5.10. The molecular formula is C13H24N2O. The van der Waals surface area contributed by atoms with Crippen molar-refractivity contribution in [3.05, 3.63) is 0 Å². The first-order valence-electron chi connectivity index (χ1n) is 6.84. The van der Waals surface area contributed by atoms with Crippen molar-refractivity contribution in [1.29, 1.82) is 0 Å². The van der Waals surface area contributed by atoms with Gasteiger partial charge in [-0.2, -0.15) is 0 Å². The van der Waals surface area contributed by atoms with Crippen molar-refractivity contribution in [2.24, 2.45) is 0 Å². The van der Waals surface area contributed by atoms with Gasteiger partial charge in [0.1, 0.15) is 0 Å². The van der Waals surface area contributed by atoms with E-state index in [9.17, 15) is 4.79 Å². The van der Waals surface area contributed by atoms with Crippen LogP contribution in [0.5, 0.6) is 0 Å². The molecule has 2 fully saturated rings. The molecule has 1 saturated carbocycles. The summed E-state index contributed by atoms with van der Waals surface area (Å²) >= 11 is 0. The lowest BCUT2D eigenvalue weighted by atomic mass is 10.0. The first kappa shape index (κ1) is 11.9. The summed E-state index contributed by atoms with van der Waals surface area (Å²) in [6.07, 6.45) is 8.09. The van der Waals surface area contributed by atoms with Crippen LogP contribution in [0.2, 0.25) is 0 Å². The van der Waals surface area contributed by atoms with E-state index < -0.39 is 0 Å². The van der Waals surface area contributed by atoms with E-state index in [4.69, 9.17) is 0 Å². The second kappa shape index (κ2) is 5.67. The van der Waals surface area contributed by atoms with Crippen LogP contribution in [-0.2, 0) is 4.79 Å². The summed E-state index contributed by atoms with van der Waals surface area (Å²) < 4.78 is 0. The number of carbonyl (C=O) groups excluding carboxylic acids is 1. The molecule has 2 aliphatic rings. The second-order valence-corrected chi connectivity index (χ2v) is 5.10. The van der Waals surface area contributed by atoms with Crippen LogP contribution in [0.4, 0.5) is 0 Å². The highest BCUT2D eigenvalue weighted by Gasteiger charge is 2.31. The molecule has 92 valence electrons. The van der Waals surface area contributed by atoms with Crippen LogP contribution in [0.15, 0.2) is 0 Å². The van der Waals surface area contributed by atoms with Crippen LogP contribution < -0.4 is 5.32 Å². The molecule has 0 radical (unpaired) electrons. The highest BCUT2D eigenvalue weighted by molar-refractivity contribution is 5.76. The van der Waals surface area contributed by atoms with Crippen molar-refractivity contribution in [3.63, 3.8) is 0 Å². The third-order valence-corrected chi connectivity index (χ3v) is 3.77. The van der Waals surface area contributed by atoms with Gasteiger partial charge in [-0.25, -0.2) is 0 Å². The molecule has 1 unspecified atom stereocenters. The largest absolute Gasteiger partial charge is 0.340 e. The molecule has 0 aromatic carbocycles. The van der Waals surface area contributed by atoms with Gasteiger partial charge in [-0.3, -0.25) is 4.79 Å². The minimum atomic E-state index is 0.373. The Kier molecular flexibility index (Phi) is 4.22. The SMILES string of the molecule is CCN(C(=O)CCC1CCCCN1)C1CC1. The molecule has 0 spiro atoms. The lowest BCUT2D eigenvalue weighted by molar-refractivity contribution is -0.131. The molecule has 2 rings (SSSR count). The Morgan fingerprint density at radius 3 is 2.69 bits per heavy atom. The summed E-state index contributed by atoms with van der Waals surface area (Å²) in [6, 6.07) is 1.17. The average Bonchev–Trinajstić information content (AvgIpc) is 3.13. The highest BCUT2D eigenvalue weighted by Crippen LogP contribution is 2.27. The summed E-state index contributed by atoms with van der Waals surface area (Å²) in [7, 11) is 0. The van der Waals surface area contributed by atoms with Crippen LogP contribution in [0.3, 0.4) is 0 Å². The van der Waals surface area contributed by atoms with E-state index >= 15 is 0 Å². The lowest BCUT2D eigenvalue weighted by Gasteiger charge is -2.25. The van der Waals surface area contributed by atoms with Crippen LogP contribution in [-0.4, -0.2) is 36.0 Å². The molecule has 16 heavy (non-hydrogen) atoms. The first-order chi connectivity index (χ1) is 7.81. The Bertz CT molecular complexity index is 232. The summed E-state index contributed by atoms with van der Waals surface area (Å²) in [5, 5.41) is 3.51. The van der Waals surface area contributed by atoms with Gasteiger partial charge in [-0.1, -0.05) is 6.42 Å². The number of nitrogens with one attached hydrogen (secondary N) is 1.